The first-order chi connectivity index (χ1) is 18.8. The maximum atomic E-state index is 10.9. The van der Waals surface area contributed by atoms with E-state index in [0.717, 1.165) is 16.8 Å². The number of hydrogen-bond donors (Lipinski definition) is 2. The minimum absolute atomic E-state index is 0.363. The van der Waals surface area contributed by atoms with Crippen molar-refractivity contribution in [1.29, 1.82) is 0 Å². The van der Waals surface area contributed by atoms with Gasteiger partial charge in [-0.2, -0.15) is 0 Å². The molecule has 0 saturated heterocycles. The summed E-state index contributed by atoms with van der Waals surface area (Å²) in [5.41, 5.74) is 3.19. The van der Waals surface area contributed by atoms with Crippen molar-refractivity contribution in [3.63, 3.8) is 0 Å². The maximum absolute atomic E-state index is 10.9. The van der Waals surface area contributed by atoms with Gasteiger partial charge in [-0.05, 0) is 64.0 Å². The molecule has 212 valence electrons. The molecule has 0 aromatic heterocycles. The predicted octanol–water partition coefficient (Wildman–Crippen LogP) is 6.17. The Kier molecular flexibility index (Phi) is 13.0. The number of anilines is 1. The largest absolute Gasteiger partial charge is 0.497 e. The van der Waals surface area contributed by atoms with E-state index in [4.69, 9.17) is 28.4 Å². The molecule has 1 aliphatic rings. The first-order valence-corrected chi connectivity index (χ1v) is 12.9. The molecule has 9 heteroatoms. The van der Waals surface area contributed by atoms with Crippen molar-refractivity contribution in [2.24, 2.45) is 0 Å². The van der Waals surface area contributed by atoms with Crippen molar-refractivity contribution in [2.75, 3.05) is 48.0 Å². The lowest BCUT2D eigenvalue weighted by molar-refractivity contribution is 0.0606. The summed E-state index contributed by atoms with van der Waals surface area (Å²) >= 11 is 3.55. The Bertz CT molecular complexity index is 1190. The van der Waals surface area contributed by atoms with E-state index in [1.165, 1.54) is 0 Å². The number of benzene rings is 1. The zero-order valence-electron chi connectivity index (χ0n) is 23.5. The van der Waals surface area contributed by atoms with Gasteiger partial charge in [0.25, 0.3) is 0 Å². The Hall–Kier alpha value is -3.40. The van der Waals surface area contributed by atoms with E-state index in [9.17, 15) is 5.11 Å². The Morgan fingerprint density at radius 2 is 1.79 bits per heavy atom. The van der Waals surface area contributed by atoms with Crippen LogP contribution < -0.4 is 5.32 Å². The van der Waals surface area contributed by atoms with E-state index < -0.39 is 6.10 Å². The van der Waals surface area contributed by atoms with Gasteiger partial charge >= 0.3 is 0 Å². The number of hydrogen-bond acceptors (Lipinski definition) is 8. The summed E-state index contributed by atoms with van der Waals surface area (Å²) in [5, 5.41) is 14.2. The van der Waals surface area contributed by atoms with Crippen LogP contribution in [-0.2, 0) is 28.4 Å². The molecule has 39 heavy (non-hydrogen) atoms. The van der Waals surface area contributed by atoms with Crippen LogP contribution >= 0.6 is 15.9 Å². The minimum atomic E-state index is -0.883. The number of aliphatic hydroxyl groups is 1. The first-order valence-electron chi connectivity index (χ1n) is 12.1. The summed E-state index contributed by atoms with van der Waals surface area (Å²) in [6, 6.07) is 7.78. The summed E-state index contributed by atoms with van der Waals surface area (Å²) in [5.74, 6) is 2.65. The highest BCUT2D eigenvalue weighted by molar-refractivity contribution is 9.12. The van der Waals surface area contributed by atoms with Crippen LogP contribution in [0.15, 0.2) is 99.7 Å². The van der Waals surface area contributed by atoms with Gasteiger partial charge in [-0.25, -0.2) is 0 Å². The number of rotatable bonds is 14. The standard InChI is InChI=1S/C30H38BrNO7/c1-19(17-25(35-4)28(37-6)20(2)34-3)13-14-21-11-9-10-12-23(21)32-16-15-24(33)22-18-26(36-5)29(38-7)30(39-8)27(22)31/h9-17,24,26,32-33H,1,18H2,2-8H3/b14-13-,16-15-,25-17+,28-20-. The number of aliphatic hydroxyl groups excluding tert-OH is 1. The third kappa shape index (κ3) is 8.29. The molecule has 0 saturated carbocycles. The number of para-hydroxylation sites is 1. The molecule has 2 unspecified atom stereocenters. The van der Waals surface area contributed by atoms with Crippen LogP contribution in [0.2, 0.25) is 0 Å². The summed E-state index contributed by atoms with van der Waals surface area (Å²) in [4.78, 5) is 0. The van der Waals surface area contributed by atoms with Crippen molar-refractivity contribution >= 4 is 27.7 Å². The SMILES string of the molecule is C=C(/C=C\c1ccccc1N/C=C\C(O)C1=C(Br)C(OC)=C(OC)C(OC)C1)/C=C(OC)\C(OC)=C(/C)OC. The molecule has 1 aliphatic carbocycles. The molecule has 0 spiro atoms. The number of ether oxygens (including phenoxy) is 6. The van der Waals surface area contributed by atoms with Crippen LogP contribution in [0, 0.1) is 0 Å². The van der Waals surface area contributed by atoms with Crippen molar-refractivity contribution in [3.8, 4) is 0 Å². The van der Waals surface area contributed by atoms with Crippen molar-refractivity contribution in [3.05, 3.63) is 105 Å². The highest BCUT2D eigenvalue weighted by Crippen LogP contribution is 2.38. The monoisotopic (exact) mass is 603 g/mol. The third-order valence-electron chi connectivity index (χ3n) is 6.01. The van der Waals surface area contributed by atoms with E-state index in [1.807, 2.05) is 36.4 Å². The Morgan fingerprint density at radius 3 is 2.38 bits per heavy atom. The lowest BCUT2D eigenvalue weighted by atomic mass is 9.95. The molecule has 0 fully saturated rings. The molecular formula is C30H38BrNO7. The van der Waals surface area contributed by atoms with Crippen LogP contribution in [0.5, 0.6) is 0 Å². The first kappa shape index (κ1) is 31.8. The van der Waals surface area contributed by atoms with Gasteiger partial charge in [-0.15, -0.1) is 0 Å². The van der Waals surface area contributed by atoms with E-state index >= 15 is 0 Å². The lowest BCUT2D eigenvalue weighted by Crippen LogP contribution is -2.27. The Morgan fingerprint density at radius 1 is 1.08 bits per heavy atom. The maximum Gasteiger partial charge on any atom is 0.198 e. The molecule has 0 bridgehead atoms. The molecular weight excluding hydrogens is 566 g/mol. The van der Waals surface area contributed by atoms with Gasteiger partial charge in [0.05, 0.1) is 46.1 Å². The van der Waals surface area contributed by atoms with E-state index in [0.29, 0.717) is 45.3 Å². The van der Waals surface area contributed by atoms with Crippen molar-refractivity contribution in [2.45, 2.75) is 25.6 Å². The number of allylic oxidation sites excluding steroid dienone is 5. The second-order valence-electron chi connectivity index (χ2n) is 8.32. The van der Waals surface area contributed by atoms with Crippen LogP contribution in [-0.4, -0.2) is 60.0 Å². The number of halogens is 1. The highest BCUT2D eigenvalue weighted by Gasteiger charge is 2.32. The molecule has 2 atom stereocenters. The van der Waals surface area contributed by atoms with Crippen LogP contribution in [0.3, 0.4) is 0 Å². The molecule has 0 aliphatic heterocycles. The van der Waals surface area contributed by atoms with E-state index in [1.54, 1.807) is 67.9 Å². The summed E-state index contributed by atoms with van der Waals surface area (Å²) in [6.45, 7) is 5.89. The quantitative estimate of drug-likeness (QED) is 0.193. The van der Waals surface area contributed by atoms with Gasteiger partial charge in [0.2, 0.25) is 0 Å². The number of nitrogens with one attached hydrogen (secondary N) is 1. The summed E-state index contributed by atoms with van der Waals surface area (Å²) in [6.07, 6.45) is 8.14. The van der Waals surface area contributed by atoms with E-state index in [-0.39, 0.29) is 6.10 Å². The van der Waals surface area contributed by atoms with Crippen molar-refractivity contribution < 1.29 is 33.5 Å². The smallest absolute Gasteiger partial charge is 0.198 e. The van der Waals surface area contributed by atoms with Gasteiger partial charge in [0, 0.05) is 19.2 Å². The molecule has 0 radical (unpaired) electrons. The fourth-order valence-electron chi connectivity index (χ4n) is 3.90. The Labute approximate surface area is 239 Å². The van der Waals surface area contributed by atoms with Gasteiger partial charge in [0.1, 0.15) is 11.9 Å². The average molecular weight is 605 g/mol. The van der Waals surface area contributed by atoms with Gasteiger partial charge in [-0.3, -0.25) is 0 Å². The molecule has 2 rings (SSSR count). The molecule has 0 amide bonds. The normalized spacial score (nSPS) is 17.8. The third-order valence-corrected chi connectivity index (χ3v) is 6.88. The van der Waals surface area contributed by atoms with Crippen molar-refractivity contribution in [1.82, 2.24) is 0 Å². The summed E-state index contributed by atoms with van der Waals surface area (Å²) < 4.78 is 33.3. The topological polar surface area (TPSA) is 87.6 Å². The minimum Gasteiger partial charge on any atom is -0.497 e. The average Bonchev–Trinajstić information content (AvgIpc) is 2.95. The van der Waals surface area contributed by atoms with Gasteiger partial charge in [0.15, 0.2) is 23.0 Å². The fourth-order valence-corrected chi connectivity index (χ4v) is 4.65. The highest BCUT2D eigenvalue weighted by atomic mass is 79.9. The second kappa shape index (κ2) is 15.9. The lowest BCUT2D eigenvalue weighted by Gasteiger charge is -2.29. The van der Waals surface area contributed by atoms with Crippen LogP contribution in [0.25, 0.3) is 6.08 Å². The molecule has 1 aromatic carbocycles. The van der Waals surface area contributed by atoms with Crippen LogP contribution in [0.1, 0.15) is 18.9 Å². The van der Waals surface area contributed by atoms with Gasteiger partial charge < -0.3 is 38.8 Å². The molecule has 2 N–H and O–H groups in total. The number of methoxy groups -OCH3 is 6. The van der Waals surface area contributed by atoms with Crippen LogP contribution in [0.4, 0.5) is 5.69 Å². The summed E-state index contributed by atoms with van der Waals surface area (Å²) in [7, 11) is 9.39. The Balaban J connectivity index is 2.21. The fraction of sp³-hybridized carbons (Fsp3) is 0.333. The zero-order chi connectivity index (χ0) is 28.9. The molecule has 8 nitrogen and oxygen atoms in total. The molecule has 1 aromatic rings. The zero-order valence-corrected chi connectivity index (χ0v) is 25.1. The second-order valence-corrected chi connectivity index (χ2v) is 9.11. The van der Waals surface area contributed by atoms with E-state index in [2.05, 4.69) is 27.8 Å². The molecule has 0 heterocycles. The predicted molar refractivity (Wildman–Crippen MR) is 158 cm³/mol. The van der Waals surface area contributed by atoms with Gasteiger partial charge in [-0.1, -0.05) is 36.9 Å².